The lowest BCUT2D eigenvalue weighted by Gasteiger charge is -2.24. The molecule has 0 bridgehead atoms. The Morgan fingerprint density at radius 2 is 1.96 bits per heavy atom. The number of ether oxygens (including phenoxy) is 2. The second kappa shape index (κ2) is 7.75. The van der Waals surface area contributed by atoms with Crippen molar-refractivity contribution in [2.75, 3.05) is 23.2 Å². The van der Waals surface area contributed by atoms with Crippen LogP contribution in [-0.2, 0) is 16.0 Å². The number of fused-ring (bicyclic) bond motifs is 2. The van der Waals surface area contributed by atoms with Gasteiger partial charge in [-0.3, -0.25) is 9.59 Å². The highest BCUT2D eigenvalue weighted by atomic mass is 35.5. The smallest absolute Gasteiger partial charge is 0.231 e. The highest BCUT2D eigenvalue weighted by molar-refractivity contribution is 5.97. The van der Waals surface area contributed by atoms with Gasteiger partial charge in [0.15, 0.2) is 11.5 Å². The predicted octanol–water partition coefficient (Wildman–Crippen LogP) is 2.95. The van der Waals surface area contributed by atoms with Crippen LogP contribution in [0.15, 0.2) is 36.4 Å². The van der Waals surface area contributed by atoms with E-state index in [1.807, 2.05) is 24.3 Å². The van der Waals surface area contributed by atoms with Crippen molar-refractivity contribution in [3.05, 3.63) is 42.0 Å². The van der Waals surface area contributed by atoms with Crippen LogP contribution in [-0.4, -0.2) is 18.6 Å². The average molecular weight is 390 g/mol. The number of hydrogen-bond donors (Lipinski definition) is 3. The molecule has 1 unspecified atom stereocenters. The summed E-state index contributed by atoms with van der Waals surface area (Å²) in [5, 5.41) is 5.68. The van der Waals surface area contributed by atoms with E-state index < -0.39 is 0 Å². The number of hydrogen-bond acceptors (Lipinski definition) is 5. The zero-order valence-electron chi connectivity index (χ0n) is 14.5. The third-order valence-electron chi connectivity index (χ3n) is 4.65. The van der Waals surface area contributed by atoms with Crippen molar-refractivity contribution < 1.29 is 19.1 Å². The molecule has 0 saturated heterocycles. The Kier molecular flexibility index (Phi) is 5.41. The molecule has 2 aromatic rings. The van der Waals surface area contributed by atoms with Gasteiger partial charge in [-0.2, -0.15) is 0 Å². The van der Waals surface area contributed by atoms with Gasteiger partial charge < -0.3 is 25.8 Å². The summed E-state index contributed by atoms with van der Waals surface area (Å²) in [6.45, 7) is 0.143. The number of carbonyl (C=O) groups excluding carboxylic acids is 2. The summed E-state index contributed by atoms with van der Waals surface area (Å²) in [7, 11) is 0. The van der Waals surface area contributed by atoms with Gasteiger partial charge in [-0.25, -0.2) is 0 Å². The Balaban J connectivity index is 0.00000210. The molecule has 4 N–H and O–H groups in total. The van der Waals surface area contributed by atoms with E-state index in [9.17, 15) is 9.59 Å². The van der Waals surface area contributed by atoms with Crippen molar-refractivity contribution in [1.82, 2.24) is 0 Å². The number of para-hydroxylation sites is 1. The minimum atomic E-state index is -0.218. The third-order valence-corrected chi connectivity index (χ3v) is 4.65. The number of halogens is 1. The Hall–Kier alpha value is -2.93. The molecule has 2 heterocycles. The third kappa shape index (κ3) is 3.93. The summed E-state index contributed by atoms with van der Waals surface area (Å²) in [5.41, 5.74) is 8.78. The molecule has 0 spiro atoms. The molecular formula is C19H20ClN3O4. The number of nitrogens with two attached hydrogens (primary N) is 1. The van der Waals surface area contributed by atoms with Crippen LogP contribution in [0.25, 0.3) is 0 Å². The average Bonchev–Trinajstić information content (AvgIpc) is 3.07. The number of carbonyl (C=O) groups is 2. The lowest BCUT2D eigenvalue weighted by atomic mass is 9.89. The van der Waals surface area contributed by atoms with Gasteiger partial charge in [-0.1, -0.05) is 18.2 Å². The van der Waals surface area contributed by atoms with Crippen molar-refractivity contribution in [1.29, 1.82) is 0 Å². The SMILES string of the molecule is Cl.Nc1cc2c(cc1NC(=O)CCC1Cc3ccccc3NC1=O)OCO2. The molecule has 0 saturated carbocycles. The molecule has 7 nitrogen and oxygen atoms in total. The van der Waals surface area contributed by atoms with Crippen LogP contribution in [0.2, 0.25) is 0 Å². The molecule has 1 atom stereocenters. The Labute approximate surface area is 162 Å². The molecule has 4 rings (SSSR count). The summed E-state index contributed by atoms with van der Waals surface area (Å²) in [6, 6.07) is 11.0. The molecule has 2 aromatic carbocycles. The second-order valence-corrected chi connectivity index (χ2v) is 6.43. The van der Waals surface area contributed by atoms with Crippen LogP contribution >= 0.6 is 12.4 Å². The lowest BCUT2D eigenvalue weighted by molar-refractivity contribution is -0.121. The highest BCUT2D eigenvalue weighted by Crippen LogP contribution is 2.38. The summed E-state index contributed by atoms with van der Waals surface area (Å²) < 4.78 is 10.5. The van der Waals surface area contributed by atoms with E-state index in [1.54, 1.807) is 12.1 Å². The maximum absolute atomic E-state index is 12.3. The standard InChI is InChI=1S/C19H19N3O4.ClH/c20-13-8-16-17(26-10-25-16)9-15(13)21-18(23)6-5-12-7-11-3-1-2-4-14(11)22-19(12)24;/h1-4,8-9,12H,5-7,10,20H2,(H,21,23)(H,22,24);1H. The molecule has 0 radical (unpaired) electrons. The quantitative estimate of drug-likeness (QED) is 0.697. The van der Waals surface area contributed by atoms with Crippen molar-refractivity contribution in [2.24, 2.45) is 5.92 Å². The summed E-state index contributed by atoms with van der Waals surface area (Å²) in [4.78, 5) is 24.5. The van der Waals surface area contributed by atoms with E-state index in [2.05, 4.69) is 10.6 Å². The van der Waals surface area contributed by atoms with Gasteiger partial charge >= 0.3 is 0 Å². The Morgan fingerprint density at radius 3 is 2.78 bits per heavy atom. The molecule has 27 heavy (non-hydrogen) atoms. The van der Waals surface area contributed by atoms with Crippen molar-refractivity contribution in [3.63, 3.8) is 0 Å². The zero-order chi connectivity index (χ0) is 18.1. The van der Waals surface area contributed by atoms with Gasteiger partial charge in [0, 0.05) is 30.2 Å². The Morgan fingerprint density at radius 1 is 1.22 bits per heavy atom. The van der Waals surface area contributed by atoms with Crippen molar-refractivity contribution in [2.45, 2.75) is 19.3 Å². The van der Waals surface area contributed by atoms with E-state index in [4.69, 9.17) is 15.2 Å². The molecule has 0 aromatic heterocycles. The highest BCUT2D eigenvalue weighted by Gasteiger charge is 2.26. The van der Waals surface area contributed by atoms with Crippen LogP contribution in [0, 0.1) is 5.92 Å². The molecule has 8 heteroatoms. The van der Waals surface area contributed by atoms with E-state index >= 15 is 0 Å². The lowest BCUT2D eigenvalue weighted by Crippen LogP contribution is -2.30. The first-order valence-corrected chi connectivity index (χ1v) is 8.48. The minimum absolute atomic E-state index is 0. The fourth-order valence-corrected chi connectivity index (χ4v) is 3.23. The first-order valence-electron chi connectivity index (χ1n) is 8.48. The van der Waals surface area contributed by atoms with Gasteiger partial charge in [-0.05, 0) is 24.5 Å². The summed E-state index contributed by atoms with van der Waals surface area (Å²) in [5.74, 6) is 0.668. The maximum Gasteiger partial charge on any atom is 0.231 e. The molecule has 142 valence electrons. The van der Waals surface area contributed by atoms with Crippen molar-refractivity contribution >= 4 is 41.3 Å². The first-order chi connectivity index (χ1) is 12.6. The summed E-state index contributed by atoms with van der Waals surface area (Å²) in [6.07, 6.45) is 1.34. The van der Waals surface area contributed by atoms with Crippen LogP contribution in [0.1, 0.15) is 18.4 Å². The number of amides is 2. The largest absolute Gasteiger partial charge is 0.454 e. The van der Waals surface area contributed by atoms with Crippen LogP contribution < -0.4 is 25.8 Å². The van der Waals surface area contributed by atoms with Gasteiger partial charge in [0.05, 0.1) is 11.4 Å². The minimum Gasteiger partial charge on any atom is -0.454 e. The molecule has 2 amide bonds. The van der Waals surface area contributed by atoms with Gasteiger partial charge in [0.1, 0.15) is 0 Å². The predicted molar refractivity (Wildman–Crippen MR) is 104 cm³/mol. The normalized spacial score (nSPS) is 16.7. The van der Waals surface area contributed by atoms with Gasteiger partial charge in [-0.15, -0.1) is 12.4 Å². The van der Waals surface area contributed by atoms with Gasteiger partial charge in [0.25, 0.3) is 0 Å². The second-order valence-electron chi connectivity index (χ2n) is 6.43. The summed E-state index contributed by atoms with van der Waals surface area (Å²) >= 11 is 0. The number of nitrogen functional groups attached to an aromatic ring is 1. The van der Waals surface area contributed by atoms with E-state index in [-0.39, 0.29) is 43.4 Å². The zero-order valence-corrected chi connectivity index (χ0v) is 15.3. The number of anilines is 3. The van der Waals surface area contributed by atoms with Gasteiger partial charge in [0.2, 0.25) is 18.6 Å². The fraction of sp³-hybridized carbons (Fsp3) is 0.263. The Bertz CT molecular complexity index is 887. The molecule has 0 fully saturated rings. The molecule has 0 aliphatic carbocycles. The number of rotatable bonds is 4. The first kappa shape index (κ1) is 18.8. The van der Waals surface area contributed by atoms with E-state index in [1.165, 1.54) is 0 Å². The van der Waals surface area contributed by atoms with Crippen molar-refractivity contribution in [3.8, 4) is 11.5 Å². The molecule has 2 aliphatic heterocycles. The van der Waals surface area contributed by atoms with Crippen LogP contribution in [0.5, 0.6) is 11.5 Å². The molecule has 2 aliphatic rings. The van der Waals surface area contributed by atoms with E-state index in [0.29, 0.717) is 35.7 Å². The van der Waals surface area contributed by atoms with Crippen LogP contribution in [0.3, 0.4) is 0 Å². The monoisotopic (exact) mass is 389 g/mol. The molecular weight excluding hydrogens is 370 g/mol. The number of benzene rings is 2. The number of nitrogens with one attached hydrogen (secondary N) is 2. The van der Waals surface area contributed by atoms with E-state index in [0.717, 1.165) is 11.3 Å². The topological polar surface area (TPSA) is 103 Å². The van der Waals surface area contributed by atoms with Crippen LogP contribution in [0.4, 0.5) is 17.1 Å². The maximum atomic E-state index is 12.3. The fourth-order valence-electron chi connectivity index (χ4n) is 3.23.